The van der Waals surface area contributed by atoms with E-state index in [1.807, 2.05) is 21.1 Å². The summed E-state index contributed by atoms with van der Waals surface area (Å²) in [7, 11) is 1.46. The van der Waals surface area contributed by atoms with Crippen molar-refractivity contribution in [2.45, 2.75) is 174 Å². The second kappa shape index (κ2) is 35.0. The number of hydrogen-bond donors (Lipinski definition) is 1. The number of esters is 2. The van der Waals surface area contributed by atoms with Crippen molar-refractivity contribution in [3.05, 3.63) is 36.5 Å². The Labute approximate surface area is 319 Å². The molecule has 0 radical (unpaired) electrons. The van der Waals surface area contributed by atoms with E-state index in [1.54, 1.807) is 0 Å². The molecule has 0 saturated heterocycles. The molecule has 0 fully saturated rings. The number of carbonyl (C=O) groups excluding carboxylic acids is 2. The molecule has 0 aliphatic rings. The predicted octanol–water partition coefficient (Wildman–Crippen LogP) is 11.4. The highest BCUT2D eigenvalue weighted by molar-refractivity contribution is 7.47. The third kappa shape index (κ3) is 38.0. The van der Waals surface area contributed by atoms with Gasteiger partial charge in [-0.15, -0.1) is 0 Å². The zero-order valence-corrected chi connectivity index (χ0v) is 34.9. The van der Waals surface area contributed by atoms with E-state index in [4.69, 9.17) is 18.5 Å². The minimum Gasteiger partial charge on any atom is -0.462 e. The Morgan fingerprint density at radius 3 is 1.60 bits per heavy atom. The summed E-state index contributed by atoms with van der Waals surface area (Å²) < 4.78 is 34.2. The first-order valence-electron chi connectivity index (χ1n) is 20.7. The molecular weight excluding hydrogens is 677 g/mol. The van der Waals surface area contributed by atoms with Crippen molar-refractivity contribution in [2.75, 3.05) is 47.5 Å². The zero-order chi connectivity index (χ0) is 38.6. The summed E-state index contributed by atoms with van der Waals surface area (Å²) >= 11 is 0. The number of nitrogens with zero attached hydrogens (tertiary/aromatic N) is 1. The number of likely N-dealkylation sites (N-methyl/N-ethyl adjacent to an activating group) is 1. The molecule has 52 heavy (non-hydrogen) atoms. The number of allylic oxidation sites excluding steroid dienone is 6. The molecule has 1 unspecified atom stereocenters. The second-order valence-electron chi connectivity index (χ2n) is 15.0. The fourth-order valence-electron chi connectivity index (χ4n) is 5.32. The van der Waals surface area contributed by atoms with Gasteiger partial charge < -0.3 is 18.9 Å². The van der Waals surface area contributed by atoms with E-state index in [2.05, 4.69) is 50.3 Å². The number of hydrogen-bond acceptors (Lipinski definition) is 7. The van der Waals surface area contributed by atoms with E-state index in [0.717, 1.165) is 77.0 Å². The maximum Gasteiger partial charge on any atom is 0.472 e. The van der Waals surface area contributed by atoms with Crippen molar-refractivity contribution in [2.24, 2.45) is 0 Å². The summed E-state index contributed by atoms with van der Waals surface area (Å²) in [6.45, 7) is 4.33. The van der Waals surface area contributed by atoms with Crippen LogP contribution in [0.4, 0.5) is 0 Å². The molecule has 0 amide bonds. The molecule has 0 bridgehead atoms. The van der Waals surface area contributed by atoms with Crippen LogP contribution in [0.5, 0.6) is 0 Å². The number of unbranched alkanes of at least 4 members (excludes halogenated alkanes) is 17. The lowest BCUT2D eigenvalue weighted by Crippen LogP contribution is -2.37. The lowest BCUT2D eigenvalue weighted by atomic mass is 10.1. The third-order valence-electron chi connectivity index (χ3n) is 8.64. The summed E-state index contributed by atoms with van der Waals surface area (Å²) in [5.74, 6) is -0.821. The molecule has 0 aliphatic heterocycles. The quantitative estimate of drug-likeness (QED) is 0.0219. The van der Waals surface area contributed by atoms with Crippen LogP contribution in [0.1, 0.15) is 168 Å². The van der Waals surface area contributed by atoms with Crippen molar-refractivity contribution < 1.29 is 42.1 Å². The first kappa shape index (κ1) is 50.2. The third-order valence-corrected chi connectivity index (χ3v) is 9.63. The van der Waals surface area contributed by atoms with Crippen LogP contribution in [-0.4, -0.2) is 74.9 Å². The SMILES string of the molecule is CCCC/C=C/CCCCCCCC(=O)O[C@@H](COC(=O)CCCCCCCCC/C=C/C/C=C/CCCCC)COP(=O)(O)OCC[N+](C)(C)C. The molecule has 1 N–H and O–H groups in total. The summed E-state index contributed by atoms with van der Waals surface area (Å²) in [6, 6.07) is 0. The average molecular weight is 757 g/mol. The molecule has 0 aliphatic carbocycles. The minimum absolute atomic E-state index is 0.0283. The number of phosphoric ester groups is 1. The Morgan fingerprint density at radius 2 is 1.06 bits per heavy atom. The van der Waals surface area contributed by atoms with Gasteiger partial charge in [-0.05, 0) is 64.2 Å². The van der Waals surface area contributed by atoms with Gasteiger partial charge in [0.25, 0.3) is 0 Å². The number of ether oxygens (including phenoxy) is 2. The highest BCUT2D eigenvalue weighted by atomic mass is 31.2. The molecular formula is C42H79NO8P+. The lowest BCUT2D eigenvalue weighted by molar-refractivity contribution is -0.870. The van der Waals surface area contributed by atoms with Crippen molar-refractivity contribution >= 4 is 19.8 Å². The van der Waals surface area contributed by atoms with Crippen LogP contribution in [0, 0.1) is 0 Å². The molecule has 0 rings (SSSR count). The zero-order valence-electron chi connectivity index (χ0n) is 34.0. The largest absolute Gasteiger partial charge is 0.472 e. The Morgan fingerprint density at radius 1 is 0.596 bits per heavy atom. The van der Waals surface area contributed by atoms with Crippen molar-refractivity contribution in [3.63, 3.8) is 0 Å². The van der Waals surface area contributed by atoms with E-state index in [-0.39, 0.29) is 32.0 Å². The topological polar surface area (TPSA) is 108 Å². The first-order valence-corrected chi connectivity index (χ1v) is 22.2. The summed E-state index contributed by atoms with van der Waals surface area (Å²) in [5, 5.41) is 0. The highest BCUT2D eigenvalue weighted by Crippen LogP contribution is 2.43. The maximum atomic E-state index is 12.6. The fourth-order valence-corrected chi connectivity index (χ4v) is 6.06. The summed E-state index contributed by atoms with van der Waals surface area (Å²) in [6.07, 6.45) is 37.6. The molecule has 0 spiro atoms. The molecule has 0 aromatic rings. The van der Waals surface area contributed by atoms with Crippen molar-refractivity contribution in [3.8, 4) is 0 Å². The number of phosphoric acid groups is 1. The van der Waals surface area contributed by atoms with E-state index in [9.17, 15) is 19.0 Å². The summed E-state index contributed by atoms with van der Waals surface area (Å²) in [4.78, 5) is 35.2. The molecule has 9 nitrogen and oxygen atoms in total. The van der Waals surface area contributed by atoms with E-state index in [1.165, 1.54) is 57.8 Å². The smallest absolute Gasteiger partial charge is 0.462 e. The van der Waals surface area contributed by atoms with Gasteiger partial charge in [-0.2, -0.15) is 0 Å². The number of rotatable bonds is 37. The second-order valence-corrected chi connectivity index (χ2v) is 16.5. The minimum atomic E-state index is -4.37. The Hall–Kier alpha value is -1.77. The molecule has 0 aromatic carbocycles. The van der Waals surface area contributed by atoms with Crippen LogP contribution in [0.3, 0.4) is 0 Å². The van der Waals surface area contributed by atoms with Crippen LogP contribution in [0.2, 0.25) is 0 Å². The van der Waals surface area contributed by atoms with E-state index >= 15 is 0 Å². The van der Waals surface area contributed by atoms with Crippen molar-refractivity contribution in [1.82, 2.24) is 0 Å². The van der Waals surface area contributed by atoms with Gasteiger partial charge in [-0.1, -0.05) is 127 Å². The monoisotopic (exact) mass is 757 g/mol. The number of quaternary nitrogens is 1. The molecule has 0 heterocycles. The van der Waals surface area contributed by atoms with Crippen LogP contribution in [0.15, 0.2) is 36.5 Å². The number of carbonyl (C=O) groups is 2. The Bertz CT molecular complexity index is 991. The molecule has 0 aromatic heterocycles. The van der Waals surface area contributed by atoms with Crippen LogP contribution in [-0.2, 0) is 32.7 Å². The Balaban J connectivity index is 4.38. The van der Waals surface area contributed by atoms with E-state index < -0.39 is 26.5 Å². The van der Waals surface area contributed by atoms with Crippen LogP contribution >= 0.6 is 7.82 Å². The highest BCUT2D eigenvalue weighted by Gasteiger charge is 2.27. The predicted molar refractivity (Wildman–Crippen MR) is 215 cm³/mol. The van der Waals surface area contributed by atoms with Gasteiger partial charge in [0.2, 0.25) is 0 Å². The molecule has 304 valence electrons. The van der Waals surface area contributed by atoms with Gasteiger partial charge in [0.05, 0.1) is 27.7 Å². The fraction of sp³-hybridized carbons (Fsp3) is 0.810. The van der Waals surface area contributed by atoms with Gasteiger partial charge in [0, 0.05) is 12.8 Å². The van der Waals surface area contributed by atoms with Gasteiger partial charge in [0.15, 0.2) is 6.10 Å². The standard InChI is InChI=1S/C42H78NO8P/c1-6-8-10-12-14-16-18-19-20-21-22-23-25-26-28-30-32-34-41(44)48-38-40(39-50-52(46,47)49-37-36-43(3,4)5)51-42(45)35-33-31-29-27-24-17-15-13-11-9-7-2/h13-16,19-20,40H,6-12,17-18,21-39H2,1-5H3/p+1/b15-13+,16-14+,20-19+/t40-/m0/s1. The van der Waals surface area contributed by atoms with Gasteiger partial charge in [-0.3, -0.25) is 18.6 Å². The van der Waals surface area contributed by atoms with Crippen LogP contribution < -0.4 is 0 Å². The van der Waals surface area contributed by atoms with Gasteiger partial charge >= 0.3 is 19.8 Å². The molecule has 0 saturated carbocycles. The van der Waals surface area contributed by atoms with Crippen molar-refractivity contribution in [1.29, 1.82) is 0 Å². The van der Waals surface area contributed by atoms with Crippen LogP contribution in [0.25, 0.3) is 0 Å². The van der Waals surface area contributed by atoms with Gasteiger partial charge in [0.1, 0.15) is 19.8 Å². The average Bonchev–Trinajstić information content (AvgIpc) is 3.09. The molecule has 10 heteroatoms. The maximum absolute atomic E-state index is 12.6. The normalized spacial score (nSPS) is 14.0. The molecule has 2 atom stereocenters. The summed E-state index contributed by atoms with van der Waals surface area (Å²) in [5.41, 5.74) is 0. The lowest BCUT2D eigenvalue weighted by Gasteiger charge is -2.24. The first-order chi connectivity index (χ1) is 25.0. The van der Waals surface area contributed by atoms with Gasteiger partial charge in [-0.25, -0.2) is 4.57 Å². The Kier molecular flexibility index (Phi) is 33.8. The van der Waals surface area contributed by atoms with E-state index in [0.29, 0.717) is 17.4 Å².